The molecule has 0 fully saturated rings. The second-order valence-corrected chi connectivity index (χ2v) is 5.32. The highest BCUT2D eigenvalue weighted by atomic mass is 35.5. The van der Waals surface area contributed by atoms with E-state index < -0.39 is 0 Å². The number of anilines is 1. The van der Waals surface area contributed by atoms with Gasteiger partial charge in [-0.25, -0.2) is 4.98 Å². The number of fused-ring (bicyclic) bond motifs is 1. The molecular formula is C15H14ClN3O2. The zero-order chi connectivity index (χ0) is 15.0. The predicted octanol–water partition coefficient (Wildman–Crippen LogP) is 3.42. The van der Waals surface area contributed by atoms with Gasteiger partial charge in [0.25, 0.3) is 0 Å². The van der Waals surface area contributed by atoms with Crippen molar-refractivity contribution in [3.63, 3.8) is 0 Å². The van der Waals surface area contributed by atoms with Gasteiger partial charge in [0.1, 0.15) is 16.7 Å². The summed E-state index contributed by atoms with van der Waals surface area (Å²) in [6.07, 6.45) is 1.20. The molecule has 0 bridgehead atoms. The summed E-state index contributed by atoms with van der Waals surface area (Å²) in [5, 5.41) is 3.23. The van der Waals surface area contributed by atoms with E-state index in [1.165, 1.54) is 0 Å². The van der Waals surface area contributed by atoms with Crippen LogP contribution in [-0.4, -0.2) is 15.9 Å². The third-order valence-electron chi connectivity index (χ3n) is 3.34. The van der Waals surface area contributed by atoms with Crippen molar-refractivity contribution in [2.45, 2.75) is 26.7 Å². The van der Waals surface area contributed by atoms with Crippen molar-refractivity contribution in [1.29, 1.82) is 0 Å². The summed E-state index contributed by atoms with van der Waals surface area (Å²) >= 11 is 6.04. The van der Waals surface area contributed by atoms with Crippen molar-refractivity contribution in [2.24, 2.45) is 0 Å². The second kappa shape index (κ2) is 5.33. The van der Waals surface area contributed by atoms with Crippen LogP contribution in [0.15, 0.2) is 18.2 Å². The highest BCUT2D eigenvalue weighted by molar-refractivity contribution is 6.30. The molecule has 1 aromatic heterocycles. The number of halogens is 1. The second-order valence-electron chi connectivity index (χ2n) is 4.96. The minimum atomic E-state index is 0.0465. The largest absolute Gasteiger partial charge is 0.439 e. The maximum Gasteiger partial charge on any atom is 0.226 e. The lowest BCUT2D eigenvalue weighted by molar-refractivity contribution is -0.116. The smallest absolute Gasteiger partial charge is 0.226 e. The number of rotatable bonds is 2. The number of carbonyl (C=O) groups is 1. The Hall–Kier alpha value is -2.14. The van der Waals surface area contributed by atoms with Crippen LogP contribution in [-0.2, 0) is 11.2 Å². The SMILES string of the molecule is Cc1nc(Cl)c(C)c(Oc2ccc3c(c2)CCC(=O)N3)n1. The Morgan fingerprint density at radius 3 is 2.86 bits per heavy atom. The van der Waals surface area contributed by atoms with E-state index in [0.29, 0.717) is 41.0 Å². The van der Waals surface area contributed by atoms with E-state index in [1.54, 1.807) is 13.0 Å². The van der Waals surface area contributed by atoms with Crippen LogP contribution in [0, 0.1) is 13.8 Å². The van der Waals surface area contributed by atoms with Crippen LogP contribution < -0.4 is 10.1 Å². The Kier molecular flexibility index (Phi) is 3.51. The Morgan fingerprint density at radius 1 is 1.24 bits per heavy atom. The summed E-state index contributed by atoms with van der Waals surface area (Å²) in [5.74, 6) is 1.73. The summed E-state index contributed by atoms with van der Waals surface area (Å²) in [5.41, 5.74) is 2.60. The van der Waals surface area contributed by atoms with E-state index in [1.807, 2.05) is 19.1 Å². The molecule has 0 spiro atoms. The molecule has 108 valence electrons. The number of hydrogen-bond acceptors (Lipinski definition) is 4. The molecule has 6 heteroatoms. The summed E-state index contributed by atoms with van der Waals surface area (Å²) < 4.78 is 5.82. The van der Waals surface area contributed by atoms with E-state index in [0.717, 1.165) is 11.3 Å². The van der Waals surface area contributed by atoms with E-state index in [2.05, 4.69) is 15.3 Å². The summed E-state index contributed by atoms with van der Waals surface area (Å²) in [4.78, 5) is 19.7. The minimum Gasteiger partial charge on any atom is -0.439 e. The quantitative estimate of drug-likeness (QED) is 0.863. The molecule has 0 unspecified atom stereocenters. The van der Waals surface area contributed by atoms with Crippen molar-refractivity contribution in [3.05, 3.63) is 40.3 Å². The molecule has 0 radical (unpaired) electrons. The lowest BCUT2D eigenvalue weighted by Gasteiger charge is -2.17. The van der Waals surface area contributed by atoms with Crippen molar-refractivity contribution in [2.75, 3.05) is 5.32 Å². The topological polar surface area (TPSA) is 64.1 Å². The number of carbonyl (C=O) groups excluding carboxylic acids is 1. The first-order valence-corrected chi connectivity index (χ1v) is 7.02. The van der Waals surface area contributed by atoms with Crippen LogP contribution in [0.3, 0.4) is 0 Å². The highest BCUT2D eigenvalue weighted by Gasteiger charge is 2.16. The summed E-state index contributed by atoms with van der Waals surface area (Å²) in [6, 6.07) is 5.56. The van der Waals surface area contributed by atoms with Gasteiger partial charge in [-0.2, -0.15) is 4.98 Å². The van der Waals surface area contributed by atoms with Crippen molar-refractivity contribution in [3.8, 4) is 11.6 Å². The molecule has 2 heterocycles. The maximum atomic E-state index is 11.3. The van der Waals surface area contributed by atoms with Gasteiger partial charge >= 0.3 is 0 Å². The standard InChI is InChI=1S/C15H14ClN3O2/c1-8-14(16)17-9(2)18-15(8)21-11-4-5-12-10(7-11)3-6-13(20)19-12/h4-5,7H,3,6H2,1-2H3,(H,19,20). The molecule has 21 heavy (non-hydrogen) atoms. The third kappa shape index (κ3) is 2.83. The van der Waals surface area contributed by atoms with Gasteiger partial charge in [-0.1, -0.05) is 11.6 Å². The van der Waals surface area contributed by atoms with E-state index in [9.17, 15) is 4.79 Å². The maximum absolute atomic E-state index is 11.3. The molecular weight excluding hydrogens is 290 g/mol. The van der Waals surface area contributed by atoms with Crippen LogP contribution in [0.25, 0.3) is 0 Å². The number of benzene rings is 1. The molecule has 3 rings (SSSR count). The summed E-state index contributed by atoms with van der Waals surface area (Å²) in [7, 11) is 0. The molecule has 1 amide bonds. The monoisotopic (exact) mass is 303 g/mol. The molecule has 1 N–H and O–H groups in total. The molecule has 1 aliphatic rings. The number of nitrogens with one attached hydrogen (secondary N) is 1. The van der Waals surface area contributed by atoms with Crippen molar-refractivity contribution < 1.29 is 9.53 Å². The fourth-order valence-corrected chi connectivity index (χ4v) is 2.41. The van der Waals surface area contributed by atoms with Gasteiger partial charge in [0.05, 0.1) is 0 Å². The van der Waals surface area contributed by atoms with Crippen LogP contribution in [0.5, 0.6) is 11.6 Å². The third-order valence-corrected chi connectivity index (χ3v) is 3.71. The molecule has 0 saturated carbocycles. The fourth-order valence-electron chi connectivity index (χ4n) is 2.20. The lowest BCUT2D eigenvalue weighted by atomic mass is 10.0. The number of ether oxygens (including phenoxy) is 1. The normalized spacial score (nSPS) is 13.6. The lowest BCUT2D eigenvalue weighted by Crippen LogP contribution is -2.18. The van der Waals surface area contributed by atoms with E-state index in [4.69, 9.17) is 16.3 Å². The molecule has 0 aliphatic carbocycles. The van der Waals surface area contributed by atoms with Crippen LogP contribution in [0.2, 0.25) is 5.15 Å². The first-order chi connectivity index (χ1) is 10.0. The predicted molar refractivity (Wildman–Crippen MR) is 80.0 cm³/mol. The average Bonchev–Trinajstić information content (AvgIpc) is 2.44. The van der Waals surface area contributed by atoms with Crippen molar-refractivity contribution >= 4 is 23.2 Å². The molecule has 1 aliphatic heterocycles. The van der Waals surface area contributed by atoms with Gasteiger partial charge < -0.3 is 10.1 Å². The van der Waals surface area contributed by atoms with Gasteiger partial charge in [-0.05, 0) is 44.0 Å². The van der Waals surface area contributed by atoms with Gasteiger partial charge in [-0.15, -0.1) is 0 Å². The Labute approximate surface area is 127 Å². The van der Waals surface area contributed by atoms with Gasteiger partial charge in [0.15, 0.2) is 0 Å². The number of aryl methyl sites for hydroxylation is 2. The number of nitrogens with zero attached hydrogens (tertiary/aromatic N) is 2. The molecule has 1 aromatic carbocycles. The number of hydrogen-bond donors (Lipinski definition) is 1. The Balaban J connectivity index is 1.91. The average molecular weight is 304 g/mol. The van der Waals surface area contributed by atoms with Gasteiger partial charge in [-0.3, -0.25) is 4.79 Å². The van der Waals surface area contributed by atoms with Crippen LogP contribution >= 0.6 is 11.6 Å². The fraction of sp³-hybridized carbons (Fsp3) is 0.267. The summed E-state index contributed by atoms with van der Waals surface area (Å²) in [6.45, 7) is 3.58. The first kappa shape index (κ1) is 13.8. The zero-order valence-corrected chi connectivity index (χ0v) is 12.5. The van der Waals surface area contributed by atoms with Gasteiger partial charge in [0.2, 0.25) is 11.8 Å². The Morgan fingerprint density at radius 2 is 2.05 bits per heavy atom. The minimum absolute atomic E-state index is 0.0465. The molecule has 2 aromatic rings. The van der Waals surface area contributed by atoms with Gasteiger partial charge in [0, 0.05) is 17.7 Å². The van der Waals surface area contributed by atoms with Crippen molar-refractivity contribution in [1.82, 2.24) is 9.97 Å². The molecule has 0 saturated heterocycles. The number of amides is 1. The van der Waals surface area contributed by atoms with E-state index in [-0.39, 0.29) is 5.91 Å². The first-order valence-electron chi connectivity index (χ1n) is 6.64. The highest BCUT2D eigenvalue weighted by Crippen LogP contribution is 2.31. The Bertz CT molecular complexity index is 731. The number of aromatic nitrogens is 2. The van der Waals surface area contributed by atoms with Crippen LogP contribution in [0.1, 0.15) is 23.4 Å². The molecule has 0 atom stereocenters. The zero-order valence-electron chi connectivity index (χ0n) is 11.7. The molecule has 5 nitrogen and oxygen atoms in total. The van der Waals surface area contributed by atoms with Crippen LogP contribution in [0.4, 0.5) is 5.69 Å². The van der Waals surface area contributed by atoms with E-state index >= 15 is 0 Å².